The molecule has 2 unspecified atom stereocenters. The zero-order valence-corrected chi connectivity index (χ0v) is 9.91. The monoisotopic (exact) mass is 210 g/mol. The maximum Gasteiger partial charge on any atom is 0.134 e. The SMILES string of the molecule is CN(C)C1CCN(C2CCCC(=O)C2)C1. The van der Waals surface area contributed by atoms with Crippen LogP contribution in [-0.2, 0) is 4.79 Å². The zero-order chi connectivity index (χ0) is 10.8. The van der Waals surface area contributed by atoms with Gasteiger partial charge in [0.1, 0.15) is 5.78 Å². The number of likely N-dealkylation sites (N-methyl/N-ethyl adjacent to an activating group) is 1. The minimum Gasteiger partial charge on any atom is -0.305 e. The van der Waals surface area contributed by atoms with Crippen LogP contribution in [-0.4, -0.2) is 54.9 Å². The Morgan fingerprint density at radius 3 is 2.73 bits per heavy atom. The molecule has 1 aliphatic heterocycles. The third kappa shape index (κ3) is 2.58. The van der Waals surface area contributed by atoms with Crippen LogP contribution in [0.3, 0.4) is 0 Å². The Morgan fingerprint density at radius 2 is 2.13 bits per heavy atom. The van der Waals surface area contributed by atoms with Crippen molar-refractivity contribution in [2.24, 2.45) is 0 Å². The van der Waals surface area contributed by atoms with Crippen LogP contribution in [0.1, 0.15) is 32.1 Å². The normalized spacial score (nSPS) is 33.9. The van der Waals surface area contributed by atoms with E-state index in [2.05, 4.69) is 23.9 Å². The summed E-state index contributed by atoms with van der Waals surface area (Å²) in [5.41, 5.74) is 0. The molecule has 2 fully saturated rings. The van der Waals surface area contributed by atoms with E-state index in [1.807, 2.05) is 0 Å². The Bertz CT molecular complexity index is 240. The lowest BCUT2D eigenvalue weighted by Crippen LogP contribution is -2.39. The largest absolute Gasteiger partial charge is 0.305 e. The Morgan fingerprint density at radius 1 is 1.33 bits per heavy atom. The van der Waals surface area contributed by atoms with Crippen molar-refractivity contribution in [3.63, 3.8) is 0 Å². The smallest absolute Gasteiger partial charge is 0.134 e. The van der Waals surface area contributed by atoms with Gasteiger partial charge in [-0.15, -0.1) is 0 Å². The van der Waals surface area contributed by atoms with Crippen molar-refractivity contribution >= 4 is 5.78 Å². The molecule has 0 aromatic carbocycles. The highest BCUT2D eigenvalue weighted by atomic mass is 16.1. The van der Waals surface area contributed by atoms with Crippen molar-refractivity contribution in [1.82, 2.24) is 9.80 Å². The topological polar surface area (TPSA) is 23.6 Å². The number of rotatable bonds is 2. The molecule has 2 rings (SSSR count). The van der Waals surface area contributed by atoms with Gasteiger partial charge in [-0.1, -0.05) is 0 Å². The first-order chi connectivity index (χ1) is 7.16. The van der Waals surface area contributed by atoms with Gasteiger partial charge in [-0.2, -0.15) is 0 Å². The minimum atomic E-state index is 0.472. The van der Waals surface area contributed by atoms with Crippen molar-refractivity contribution in [3.8, 4) is 0 Å². The summed E-state index contributed by atoms with van der Waals surface area (Å²) in [5.74, 6) is 0.472. The zero-order valence-electron chi connectivity index (χ0n) is 9.91. The van der Waals surface area contributed by atoms with Gasteiger partial charge in [0.05, 0.1) is 0 Å². The fraction of sp³-hybridized carbons (Fsp3) is 0.917. The van der Waals surface area contributed by atoms with E-state index >= 15 is 0 Å². The van der Waals surface area contributed by atoms with E-state index < -0.39 is 0 Å². The molecule has 0 bridgehead atoms. The summed E-state index contributed by atoms with van der Waals surface area (Å²) in [7, 11) is 4.31. The van der Waals surface area contributed by atoms with E-state index in [1.54, 1.807) is 0 Å². The predicted molar refractivity (Wildman–Crippen MR) is 60.9 cm³/mol. The molecule has 0 aromatic heterocycles. The Labute approximate surface area is 92.4 Å². The second-order valence-corrected chi connectivity index (χ2v) is 5.19. The summed E-state index contributed by atoms with van der Waals surface area (Å²) in [6, 6.07) is 1.25. The van der Waals surface area contributed by atoms with Crippen molar-refractivity contribution in [2.75, 3.05) is 27.2 Å². The molecule has 2 aliphatic rings. The minimum absolute atomic E-state index is 0.472. The molecule has 3 nitrogen and oxygen atoms in total. The molecule has 15 heavy (non-hydrogen) atoms. The fourth-order valence-corrected chi connectivity index (χ4v) is 2.83. The summed E-state index contributed by atoms with van der Waals surface area (Å²) in [6.07, 6.45) is 5.22. The van der Waals surface area contributed by atoms with E-state index in [4.69, 9.17) is 0 Å². The van der Waals surface area contributed by atoms with Gasteiger partial charge in [0.25, 0.3) is 0 Å². The van der Waals surface area contributed by atoms with E-state index in [9.17, 15) is 4.79 Å². The Kier molecular flexibility index (Phi) is 3.42. The number of carbonyl (C=O) groups excluding carboxylic acids is 1. The molecule has 1 aliphatic carbocycles. The molecule has 1 saturated heterocycles. The van der Waals surface area contributed by atoms with Gasteiger partial charge < -0.3 is 4.90 Å². The lowest BCUT2D eigenvalue weighted by Gasteiger charge is -2.30. The van der Waals surface area contributed by atoms with Crippen molar-refractivity contribution in [2.45, 2.75) is 44.2 Å². The quantitative estimate of drug-likeness (QED) is 0.683. The fourth-order valence-electron chi connectivity index (χ4n) is 2.83. The molecule has 1 heterocycles. The first kappa shape index (κ1) is 11.1. The number of hydrogen-bond acceptors (Lipinski definition) is 3. The first-order valence-electron chi connectivity index (χ1n) is 6.09. The number of ketones is 1. The third-order valence-corrected chi connectivity index (χ3v) is 3.90. The number of nitrogens with zero attached hydrogens (tertiary/aromatic N) is 2. The summed E-state index contributed by atoms with van der Waals surface area (Å²) >= 11 is 0. The summed E-state index contributed by atoms with van der Waals surface area (Å²) in [6.45, 7) is 2.34. The number of hydrogen-bond donors (Lipinski definition) is 0. The summed E-state index contributed by atoms with van der Waals surface area (Å²) in [5, 5.41) is 0. The van der Waals surface area contributed by atoms with Gasteiger partial charge in [-0.05, 0) is 33.4 Å². The maximum atomic E-state index is 11.4. The van der Waals surface area contributed by atoms with Crippen LogP contribution in [0.4, 0.5) is 0 Å². The van der Waals surface area contributed by atoms with Gasteiger partial charge >= 0.3 is 0 Å². The van der Waals surface area contributed by atoms with Crippen LogP contribution in [0.5, 0.6) is 0 Å². The predicted octanol–water partition coefficient (Wildman–Crippen LogP) is 1.13. The van der Waals surface area contributed by atoms with E-state index in [0.717, 1.165) is 25.8 Å². The number of Topliss-reactive ketones (excluding diaryl/α,β-unsaturated/α-hetero) is 1. The van der Waals surface area contributed by atoms with Crippen molar-refractivity contribution < 1.29 is 4.79 Å². The van der Waals surface area contributed by atoms with Gasteiger partial charge in [0, 0.05) is 38.0 Å². The number of likely N-dealkylation sites (tertiary alicyclic amines) is 1. The Balaban J connectivity index is 1.87. The van der Waals surface area contributed by atoms with Crippen LogP contribution < -0.4 is 0 Å². The second-order valence-electron chi connectivity index (χ2n) is 5.19. The van der Waals surface area contributed by atoms with Gasteiger partial charge in [-0.3, -0.25) is 9.69 Å². The molecule has 0 spiro atoms. The van der Waals surface area contributed by atoms with Crippen LogP contribution in [0.15, 0.2) is 0 Å². The van der Waals surface area contributed by atoms with E-state index in [0.29, 0.717) is 17.9 Å². The van der Waals surface area contributed by atoms with Crippen LogP contribution in [0.2, 0.25) is 0 Å². The summed E-state index contributed by atoms with van der Waals surface area (Å²) < 4.78 is 0. The molecule has 0 amide bonds. The maximum absolute atomic E-state index is 11.4. The van der Waals surface area contributed by atoms with Crippen LogP contribution in [0, 0.1) is 0 Å². The molecule has 86 valence electrons. The molecular formula is C12H22N2O. The van der Waals surface area contributed by atoms with Crippen molar-refractivity contribution in [1.29, 1.82) is 0 Å². The van der Waals surface area contributed by atoms with Gasteiger partial charge in [-0.25, -0.2) is 0 Å². The molecular weight excluding hydrogens is 188 g/mol. The highest BCUT2D eigenvalue weighted by molar-refractivity contribution is 5.79. The van der Waals surface area contributed by atoms with E-state index in [-0.39, 0.29) is 0 Å². The molecule has 0 aromatic rings. The standard InChI is InChI=1S/C12H22N2O/c1-13(2)11-6-7-14(9-11)10-4-3-5-12(15)8-10/h10-11H,3-9H2,1-2H3. The average molecular weight is 210 g/mol. The molecule has 0 radical (unpaired) electrons. The van der Waals surface area contributed by atoms with Crippen molar-refractivity contribution in [3.05, 3.63) is 0 Å². The number of carbonyl (C=O) groups is 1. The van der Waals surface area contributed by atoms with E-state index in [1.165, 1.54) is 19.4 Å². The molecule has 0 N–H and O–H groups in total. The average Bonchev–Trinajstić information content (AvgIpc) is 2.66. The second kappa shape index (κ2) is 4.62. The molecule has 1 saturated carbocycles. The summed E-state index contributed by atoms with van der Waals surface area (Å²) in [4.78, 5) is 16.2. The van der Waals surface area contributed by atoms with Gasteiger partial charge in [0.2, 0.25) is 0 Å². The van der Waals surface area contributed by atoms with Crippen LogP contribution >= 0.6 is 0 Å². The van der Waals surface area contributed by atoms with Gasteiger partial charge in [0.15, 0.2) is 0 Å². The lowest BCUT2D eigenvalue weighted by atomic mass is 9.93. The first-order valence-corrected chi connectivity index (χ1v) is 6.09. The Hall–Kier alpha value is -0.410. The third-order valence-electron chi connectivity index (χ3n) is 3.90. The highest BCUT2D eigenvalue weighted by Gasteiger charge is 2.31. The molecule has 3 heteroatoms. The highest BCUT2D eigenvalue weighted by Crippen LogP contribution is 2.24. The lowest BCUT2D eigenvalue weighted by molar-refractivity contribution is -0.121. The molecule has 2 atom stereocenters. The van der Waals surface area contributed by atoms with Crippen LogP contribution in [0.25, 0.3) is 0 Å².